The van der Waals surface area contributed by atoms with Crippen LogP contribution in [0.25, 0.3) is 6.08 Å². The molecule has 1 aromatic rings. The number of nitro groups is 1. The lowest BCUT2D eigenvalue weighted by Crippen LogP contribution is -2.19. The zero-order chi connectivity index (χ0) is 13.5. The van der Waals surface area contributed by atoms with E-state index in [-0.39, 0.29) is 11.6 Å². The molecule has 0 aliphatic carbocycles. The van der Waals surface area contributed by atoms with Gasteiger partial charge in [-0.2, -0.15) is 0 Å². The molecule has 0 radical (unpaired) electrons. The molecular weight excluding hydrogens is 234 g/mol. The highest BCUT2D eigenvalue weighted by atomic mass is 16.6. The molecule has 2 N–H and O–H groups in total. The number of nitrogens with one attached hydrogen (secondary N) is 2. The van der Waals surface area contributed by atoms with E-state index in [9.17, 15) is 14.9 Å². The highest BCUT2D eigenvalue weighted by molar-refractivity contribution is 5.73. The number of carbonyl (C=O) groups is 1. The van der Waals surface area contributed by atoms with Gasteiger partial charge in [-0.1, -0.05) is 18.2 Å². The summed E-state index contributed by atoms with van der Waals surface area (Å²) in [5.41, 5.74) is 1.21. The molecule has 0 saturated heterocycles. The monoisotopic (exact) mass is 249 g/mol. The van der Waals surface area contributed by atoms with Gasteiger partial charge in [0.1, 0.15) is 5.69 Å². The van der Waals surface area contributed by atoms with Crippen molar-refractivity contribution in [1.82, 2.24) is 5.32 Å². The molecule has 96 valence electrons. The predicted octanol–water partition coefficient (Wildman–Crippen LogP) is 1.79. The van der Waals surface area contributed by atoms with E-state index >= 15 is 0 Å². The Morgan fingerprint density at radius 3 is 2.78 bits per heavy atom. The summed E-state index contributed by atoms with van der Waals surface area (Å²) >= 11 is 0. The average molecular weight is 249 g/mol. The molecular formula is C12H15N3O3. The number of rotatable bonds is 5. The third-order valence-electron chi connectivity index (χ3n) is 2.27. The first-order valence-electron chi connectivity index (χ1n) is 5.41. The van der Waals surface area contributed by atoms with Crippen LogP contribution in [0.3, 0.4) is 0 Å². The van der Waals surface area contributed by atoms with Crippen molar-refractivity contribution in [2.45, 2.75) is 6.92 Å². The molecule has 0 unspecified atom stereocenters. The van der Waals surface area contributed by atoms with E-state index in [2.05, 4.69) is 10.6 Å². The molecule has 1 aromatic carbocycles. The Kier molecular flexibility index (Phi) is 4.86. The van der Waals surface area contributed by atoms with Gasteiger partial charge in [-0.05, 0) is 11.6 Å². The van der Waals surface area contributed by atoms with E-state index < -0.39 is 4.92 Å². The number of hydrogen-bond donors (Lipinski definition) is 2. The molecule has 0 aromatic heterocycles. The Hall–Kier alpha value is -2.37. The van der Waals surface area contributed by atoms with Crippen LogP contribution in [-0.2, 0) is 4.79 Å². The summed E-state index contributed by atoms with van der Waals surface area (Å²) < 4.78 is 0. The van der Waals surface area contributed by atoms with Crippen LogP contribution < -0.4 is 10.6 Å². The van der Waals surface area contributed by atoms with Crippen LogP contribution in [0.1, 0.15) is 12.5 Å². The fraction of sp³-hybridized carbons (Fsp3) is 0.250. The fourth-order valence-corrected chi connectivity index (χ4v) is 1.41. The lowest BCUT2D eigenvalue weighted by Gasteiger charge is -2.02. The van der Waals surface area contributed by atoms with Crippen LogP contribution in [0, 0.1) is 10.1 Å². The van der Waals surface area contributed by atoms with Gasteiger partial charge in [0.2, 0.25) is 5.91 Å². The molecule has 0 atom stereocenters. The summed E-state index contributed by atoms with van der Waals surface area (Å²) in [7, 11) is 1.63. The molecule has 6 nitrogen and oxygen atoms in total. The summed E-state index contributed by atoms with van der Waals surface area (Å²) in [4.78, 5) is 21.0. The SMILES string of the molecule is CNc1ccc(C=CCNC(C)=O)cc1[N+](=O)[O-]. The molecule has 18 heavy (non-hydrogen) atoms. The van der Waals surface area contributed by atoms with Gasteiger partial charge in [0.25, 0.3) is 5.69 Å². The second-order valence-corrected chi connectivity index (χ2v) is 3.62. The van der Waals surface area contributed by atoms with Crippen LogP contribution >= 0.6 is 0 Å². The van der Waals surface area contributed by atoms with Gasteiger partial charge in [-0.15, -0.1) is 0 Å². The third-order valence-corrected chi connectivity index (χ3v) is 2.27. The first-order valence-corrected chi connectivity index (χ1v) is 5.41. The summed E-state index contributed by atoms with van der Waals surface area (Å²) in [6.07, 6.45) is 3.46. The van der Waals surface area contributed by atoms with Gasteiger partial charge in [-0.3, -0.25) is 14.9 Å². The van der Waals surface area contributed by atoms with Crippen molar-refractivity contribution < 1.29 is 9.72 Å². The predicted molar refractivity (Wildman–Crippen MR) is 70.4 cm³/mol. The maximum Gasteiger partial charge on any atom is 0.292 e. The number of carbonyl (C=O) groups excluding carboxylic acids is 1. The van der Waals surface area contributed by atoms with Crippen molar-refractivity contribution in [1.29, 1.82) is 0 Å². The third kappa shape index (κ3) is 3.89. The molecule has 1 rings (SSSR count). The minimum atomic E-state index is -0.434. The summed E-state index contributed by atoms with van der Waals surface area (Å²) in [5.74, 6) is -0.115. The second kappa shape index (κ2) is 6.39. The van der Waals surface area contributed by atoms with Gasteiger partial charge < -0.3 is 10.6 Å². The van der Waals surface area contributed by atoms with Crippen molar-refractivity contribution in [3.05, 3.63) is 40.0 Å². The van der Waals surface area contributed by atoms with E-state index in [1.165, 1.54) is 13.0 Å². The fourth-order valence-electron chi connectivity index (χ4n) is 1.41. The Balaban J connectivity index is 2.82. The Labute approximate surface area is 105 Å². The topological polar surface area (TPSA) is 84.3 Å². The van der Waals surface area contributed by atoms with Crippen LogP contribution in [-0.4, -0.2) is 24.4 Å². The van der Waals surface area contributed by atoms with E-state index in [1.807, 2.05) is 0 Å². The van der Waals surface area contributed by atoms with E-state index in [1.54, 1.807) is 31.3 Å². The van der Waals surface area contributed by atoms with Crippen molar-refractivity contribution >= 4 is 23.4 Å². The normalized spacial score (nSPS) is 10.3. The van der Waals surface area contributed by atoms with Gasteiger partial charge >= 0.3 is 0 Å². The summed E-state index contributed by atoms with van der Waals surface area (Å²) in [6, 6.07) is 4.90. The zero-order valence-electron chi connectivity index (χ0n) is 10.3. The van der Waals surface area contributed by atoms with E-state index in [4.69, 9.17) is 0 Å². The number of nitro benzene ring substituents is 1. The van der Waals surface area contributed by atoms with Crippen LogP contribution in [0.15, 0.2) is 24.3 Å². The number of anilines is 1. The standard InChI is InChI=1S/C12H15N3O3/c1-9(16)14-7-3-4-10-5-6-11(13-2)12(8-10)15(17)18/h3-6,8,13H,7H2,1-2H3,(H,14,16). The molecule has 0 fully saturated rings. The maximum atomic E-state index is 10.8. The number of nitrogens with zero attached hydrogens (tertiary/aromatic N) is 1. The largest absolute Gasteiger partial charge is 0.383 e. The van der Waals surface area contributed by atoms with Crippen LogP contribution in [0.2, 0.25) is 0 Å². The summed E-state index contributed by atoms with van der Waals surface area (Å²) in [6.45, 7) is 1.83. The van der Waals surface area contributed by atoms with E-state index in [0.717, 1.165) is 0 Å². The first-order chi connectivity index (χ1) is 8.54. The van der Waals surface area contributed by atoms with E-state index in [0.29, 0.717) is 17.8 Å². The number of amides is 1. The quantitative estimate of drug-likeness (QED) is 0.615. The highest BCUT2D eigenvalue weighted by Gasteiger charge is 2.12. The molecule has 0 aliphatic heterocycles. The second-order valence-electron chi connectivity index (χ2n) is 3.62. The first kappa shape index (κ1) is 13.7. The minimum absolute atomic E-state index is 0.0270. The van der Waals surface area contributed by atoms with Crippen molar-refractivity contribution in [3.63, 3.8) is 0 Å². The molecule has 0 spiro atoms. The summed E-state index contributed by atoms with van der Waals surface area (Å²) in [5, 5.41) is 16.2. The van der Waals surface area contributed by atoms with Crippen molar-refractivity contribution in [2.75, 3.05) is 18.9 Å². The number of hydrogen-bond acceptors (Lipinski definition) is 4. The lowest BCUT2D eigenvalue weighted by atomic mass is 10.1. The molecule has 0 heterocycles. The van der Waals surface area contributed by atoms with Gasteiger partial charge in [0.15, 0.2) is 0 Å². The number of benzene rings is 1. The zero-order valence-corrected chi connectivity index (χ0v) is 10.3. The van der Waals surface area contributed by atoms with Crippen LogP contribution in [0.5, 0.6) is 0 Å². The lowest BCUT2D eigenvalue weighted by molar-refractivity contribution is -0.383. The molecule has 0 aliphatic rings. The smallest absolute Gasteiger partial charge is 0.292 e. The van der Waals surface area contributed by atoms with Gasteiger partial charge in [0.05, 0.1) is 4.92 Å². The Bertz CT molecular complexity index is 483. The molecule has 0 saturated carbocycles. The average Bonchev–Trinajstić information content (AvgIpc) is 2.34. The van der Waals surface area contributed by atoms with Gasteiger partial charge in [0, 0.05) is 26.6 Å². The van der Waals surface area contributed by atoms with Crippen LogP contribution in [0.4, 0.5) is 11.4 Å². The Morgan fingerprint density at radius 2 is 2.22 bits per heavy atom. The van der Waals surface area contributed by atoms with Crippen molar-refractivity contribution in [3.8, 4) is 0 Å². The maximum absolute atomic E-state index is 10.8. The molecule has 1 amide bonds. The molecule has 0 bridgehead atoms. The highest BCUT2D eigenvalue weighted by Crippen LogP contribution is 2.25. The Morgan fingerprint density at radius 1 is 1.50 bits per heavy atom. The molecule has 6 heteroatoms. The minimum Gasteiger partial charge on any atom is -0.383 e. The van der Waals surface area contributed by atoms with Crippen molar-refractivity contribution in [2.24, 2.45) is 0 Å². The van der Waals surface area contributed by atoms with Gasteiger partial charge in [-0.25, -0.2) is 0 Å².